The Morgan fingerprint density at radius 2 is 2.17 bits per heavy atom. The van der Waals surface area contributed by atoms with Crippen molar-refractivity contribution in [1.29, 1.82) is 0 Å². The van der Waals surface area contributed by atoms with Crippen LogP contribution in [0.15, 0.2) is 24.3 Å². The van der Waals surface area contributed by atoms with Gasteiger partial charge in [-0.05, 0) is 44.2 Å². The Balaban J connectivity index is 1.47. The second-order valence-electron chi connectivity index (χ2n) is 6.42. The summed E-state index contributed by atoms with van der Waals surface area (Å²) in [5.74, 6) is 1.19. The molecule has 2 aromatic rings. The van der Waals surface area contributed by atoms with Crippen molar-refractivity contribution in [2.45, 2.75) is 38.8 Å². The van der Waals surface area contributed by atoms with Gasteiger partial charge < -0.3 is 20.4 Å². The number of benzene rings is 1. The number of amides is 1. The summed E-state index contributed by atoms with van der Waals surface area (Å²) in [6, 6.07) is 7.69. The van der Waals surface area contributed by atoms with E-state index in [0.29, 0.717) is 19.8 Å². The SMILES string of the molecule is Cc1nc2ccccc2n1CCCNC(=O)C(N)C1CCOCC1. The summed E-state index contributed by atoms with van der Waals surface area (Å²) in [5, 5.41) is 2.97. The molecule has 6 heteroatoms. The first-order valence-corrected chi connectivity index (χ1v) is 8.69. The van der Waals surface area contributed by atoms with E-state index in [4.69, 9.17) is 10.5 Å². The molecule has 1 saturated heterocycles. The Bertz CT molecular complexity index is 691. The van der Waals surface area contributed by atoms with E-state index in [1.807, 2.05) is 25.1 Å². The Morgan fingerprint density at radius 1 is 1.42 bits per heavy atom. The molecule has 0 radical (unpaired) electrons. The highest BCUT2D eigenvalue weighted by atomic mass is 16.5. The van der Waals surface area contributed by atoms with Gasteiger partial charge in [0.2, 0.25) is 5.91 Å². The summed E-state index contributed by atoms with van der Waals surface area (Å²) in [6.07, 6.45) is 2.59. The van der Waals surface area contributed by atoms with Crippen LogP contribution in [0.3, 0.4) is 0 Å². The fourth-order valence-corrected chi connectivity index (χ4v) is 3.33. The van der Waals surface area contributed by atoms with Crippen LogP contribution in [0, 0.1) is 12.8 Å². The van der Waals surface area contributed by atoms with Gasteiger partial charge in [-0.3, -0.25) is 4.79 Å². The molecule has 3 rings (SSSR count). The van der Waals surface area contributed by atoms with E-state index in [2.05, 4.69) is 20.9 Å². The summed E-state index contributed by atoms with van der Waals surface area (Å²) >= 11 is 0. The Hall–Kier alpha value is -1.92. The second-order valence-corrected chi connectivity index (χ2v) is 6.42. The van der Waals surface area contributed by atoms with Gasteiger partial charge in [-0.1, -0.05) is 12.1 Å². The number of carbonyl (C=O) groups is 1. The number of rotatable bonds is 6. The van der Waals surface area contributed by atoms with Crippen LogP contribution in [0.4, 0.5) is 0 Å². The van der Waals surface area contributed by atoms with Gasteiger partial charge in [0.05, 0.1) is 17.1 Å². The summed E-state index contributed by atoms with van der Waals surface area (Å²) < 4.78 is 7.51. The molecular formula is C18H26N4O2. The first-order chi connectivity index (χ1) is 11.7. The van der Waals surface area contributed by atoms with E-state index in [0.717, 1.165) is 42.7 Å². The highest BCUT2D eigenvalue weighted by Gasteiger charge is 2.26. The van der Waals surface area contributed by atoms with Crippen molar-refractivity contribution >= 4 is 16.9 Å². The third kappa shape index (κ3) is 3.76. The van der Waals surface area contributed by atoms with Crippen LogP contribution in [0.1, 0.15) is 25.1 Å². The van der Waals surface area contributed by atoms with E-state index < -0.39 is 6.04 Å². The normalized spacial score (nSPS) is 17.1. The van der Waals surface area contributed by atoms with Crippen molar-refractivity contribution < 1.29 is 9.53 Å². The molecular weight excluding hydrogens is 304 g/mol. The molecule has 1 aliphatic heterocycles. The average Bonchev–Trinajstić information content (AvgIpc) is 2.94. The lowest BCUT2D eigenvalue weighted by atomic mass is 9.92. The molecule has 130 valence electrons. The number of imidazole rings is 1. The first kappa shape index (κ1) is 16.9. The number of nitrogens with one attached hydrogen (secondary N) is 1. The molecule has 1 unspecified atom stereocenters. The van der Waals surface area contributed by atoms with E-state index >= 15 is 0 Å². The molecule has 0 saturated carbocycles. The van der Waals surface area contributed by atoms with Crippen molar-refractivity contribution in [2.24, 2.45) is 11.7 Å². The molecule has 0 aliphatic carbocycles. The topological polar surface area (TPSA) is 82.2 Å². The third-order valence-corrected chi connectivity index (χ3v) is 4.78. The fraction of sp³-hybridized carbons (Fsp3) is 0.556. The number of hydrogen-bond acceptors (Lipinski definition) is 4. The Morgan fingerprint density at radius 3 is 2.96 bits per heavy atom. The standard InChI is InChI=1S/C18H26N4O2/c1-13-21-15-5-2-3-6-16(15)22(13)10-4-9-20-18(23)17(19)14-7-11-24-12-8-14/h2-3,5-6,14,17H,4,7-12,19H2,1H3,(H,20,23). The zero-order valence-electron chi connectivity index (χ0n) is 14.2. The molecule has 1 fully saturated rings. The highest BCUT2D eigenvalue weighted by molar-refractivity contribution is 5.81. The van der Waals surface area contributed by atoms with Crippen LogP contribution < -0.4 is 11.1 Å². The average molecular weight is 330 g/mol. The van der Waals surface area contributed by atoms with E-state index in [9.17, 15) is 4.79 Å². The van der Waals surface area contributed by atoms with Gasteiger partial charge in [-0.25, -0.2) is 4.98 Å². The molecule has 1 amide bonds. The zero-order chi connectivity index (χ0) is 16.9. The van der Waals surface area contributed by atoms with Crippen LogP contribution in [-0.2, 0) is 16.1 Å². The maximum Gasteiger partial charge on any atom is 0.237 e. The fourth-order valence-electron chi connectivity index (χ4n) is 3.33. The quantitative estimate of drug-likeness (QED) is 0.788. The summed E-state index contributed by atoms with van der Waals surface area (Å²) in [7, 11) is 0. The maximum absolute atomic E-state index is 12.2. The third-order valence-electron chi connectivity index (χ3n) is 4.78. The number of aromatic nitrogens is 2. The lowest BCUT2D eigenvalue weighted by molar-refractivity contribution is -0.124. The number of hydrogen-bond donors (Lipinski definition) is 2. The molecule has 3 N–H and O–H groups in total. The van der Waals surface area contributed by atoms with Gasteiger partial charge in [0, 0.05) is 26.3 Å². The smallest absolute Gasteiger partial charge is 0.237 e. The lowest BCUT2D eigenvalue weighted by Gasteiger charge is -2.26. The van der Waals surface area contributed by atoms with Crippen molar-refractivity contribution in [1.82, 2.24) is 14.9 Å². The number of aryl methyl sites for hydroxylation is 2. The van der Waals surface area contributed by atoms with Gasteiger partial charge in [0.1, 0.15) is 5.82 Å². The Kier molecular flexibility index (Phi) is 5.48. The first-order valence-electron chi connectivity index (χ1n) is 8.69. The molecule has 1 aromatic carbocycles. The molecule has 6 nitrogen and oxygen atoms in total. The molecule has 0 spiro atoms. The maximum atomic E-state index is 12.2. The van der Waals surface area contributed by atoms with Crippen LogP contribution in [0.5, 0.6) is 0 Å². The molecule has 1 atom stereocenters. The number of ether oxygens (including phenoxy) is 1. The van der Waals surface area contributed by atoms with Crippen LogP contribution in [0.25, 0.3) is 11.0 Å². The number of fused-ring (bicyclic) bond motifs is 1. The summed E-state index contributed by atoms with van der Waals surface area (Å²) in [4.78, 5) is 16.7. The van der Waals surface area contributed by atoms with Crippen LogP contribution >= 0.6 is 0 Å². The van der Waals surface area contributed by atoms with Crippen molar-refractivity contribution in [3.05, 3.63) is 30.1 Å². The predicted molar refractivity (Wildman–Crippen MR) is 93.6 cm³/mol. The van der Waals surface area contributed by atoms with Gasteiger partial charge in [0.25, 0.3) is 0 Å². The number of carbonyl (C=O) groups excluding carboxylic acids is 1. The summed E-state index contributed by atoms with van der Waals surface area (Å²) in [6.45, 7) is 4.89. The van der Waals surface area contributed by atoms with Gasteiger partial charge in [0.15, 0.2) is 0 Å². The lowest BCUT2D eigenvalue weighted by Crippen LogP contribution is -2.47. The van der Waals surface area contributed by atoms with Crippen LogP contribution in [-0.4, -0.2) is 41.3 Å². The predicted octanol–water partition coefficient (Wildman–Crippen LogP) is 1.60. The van der Waals surface area contributed by atoms with Crippen molar-refractivity contribution in [3.8, 4) is 0 Å². The number of nitrogens with two attached hydrogens (primary N) is 1. The van der Waals surface area contributed by atoms with E-state index in [1.54, 1.807) is 0 Å². The van der Waals surface area contributed by atoms with Crippen molar-refractivity contribution in [2.75, 3.05) is 19.8 Å². The Labute approximate surface area is 142 Å². The van der Waals surface area contributed by atoms with Gasteiger partial charge in [-0.15, -0.1) is 0 Å². The van der Waals surface area contributed by atoms with E-state index in [1.165, 1.54) is 0 Å². The van der Waals surface area contributed by atoms with Crippen molar-refractivity contribution in [3.63, 3.8) is 0 Å². The minimum Gasteiger partial charge on any atom is -0.381 e. The zero-order valence-corrected chi connectivity index (χ0v) is 14.2. The van der Waals surface area contributed by atoms with Crippen LogP contribution in [0.2, 0.25) is 0 Å². The number of nitrogens with zero attached hydrogens (tertiary/aromatic N) is 2. The minimum atomic E-state index is -0.426. The molecule has 24 heavy (non-hydrogen) atoms. The minimum absolute atomic E-state index is 0.0471. The van der Waals surface area contributed by atoms with Gasteiger partial charge in [-0.2, -0.15) is 0 Å². The highest BCUT2D eigenvalue weighted by Crippen LogP contribution is 2.18. The molecule has 2 heterocycles. The molecule has 0 bridgehead atoms. The van der Waals surface area contributed by atoms with Gasteiger partial charge >= 0.3 is 0 Å². The second kappa shape index (κ2) is 7.77. The largest absolute Gasteiger partial charge is 0.381 e. The molecule has 1 aromatic heterocycles. The monoisotopic (exact) mass is 330 g/mol. The number of para-hydroxylation sites is 2. The summed E-state index contributed by atoms with van der Waals surface area (Å²) in [5.41, 5.74) is 8.24. The molecule has 1 aliphatic rings. The van der Waals surface area contributed by atoms with E-state index in [-0.39, 0.29) is 11.8 Å².